The average molecular weight is 661 g/mol. The predicted molar refractivity (Wildman–Crippen MR) is 153 cm³/mol. The highest BCUT2D eigenvalue weighted by atomic mass is 32.3. The third-order valence-electron chi connectivity index (χ3n) is 11.7. The zero-order chi connectivity index (χ0) is 31.3. The first-order valence-corrected chi connectivity index (χ1v) is 19.2. The van der Waals surface area contributed by atoms with E-state index in [1.165, 1.54) is 0 Å². The average Bonchev–Trinajstić information content (AvgIpc) is 3.18. The van der Waals surface area contributed by atoms with E-state index < -0.39 is 43.4 Å². The monoisotopic (exact) mass is 660 g/mol. The Morgan fingerprint density at radius 1 is 0.762 bits per heavy atom. The smallest absolute Gasteiger partial charge is 0.264 e. The number of hydrogen-bond acceptors (Lipinski definition) is 9. The summed E-state index contributed by atoms with van der Waals surface area (Å²) in [5, 5.41) is 0. The fraction of sp³-hybridized carbons (Fsp3) is 1.00. The third kappa shape index (κ3) is 7.87. The van der Waals surface area contributed by atoms with E-state index in [1.807, 2.05) is 6.92 Å². The van der Waals surface area contributed by atoms with Crippen molar-refractivity contribution in [1.29, 1.82) is 0 Å². The standard InChI is InChI=1S/C27H48O12S3/c1-17(16-37-40(28,29)30)6-5-7-18(2)21-10-11-22-20-9-8-19-14-24(38-41(31,32)33)25(39-42(34,35)36)15-27(19,4)23(20)12-13-26(21,22)3/h17-25H,5-16H2,1-4H3,(H,28,29,30)(H,31,32,33)(H,34,35,36)/t17?,18-,19?,20?,21-,22+,23+,24+,25+,26-,27+/m1/s1. The normalized spacial score (nSPS) is 40.5. The van der Waals surface area contributed by atoms with Crippen LogP contribution in [0.5, 0.6) is 0 Å². The minimum atomic E-state index is -4.87. The Balaban J connectivity index is 1.43. The van der Waals surface area contributed by atoms with Crippen LogP contribution in [-0.2, 0) is 43.7 Å². The summed E-state index contributed by atoms with van der Waals surface area (Å²) in [6.45, 7) is 8.77. The van der Waals surface area contributed by atoms with Crippen molar-refractivity contribution in [2.75, 3.05) is 6.61 Å². The second-order valence-electron chi connectivity index (χ2n) is 14.2. The van der Waals surface area contributed by atoms with E-state index in [9.17, 15) is 34.4 Å². The Bertz CT molecular complexity index is 1280. The first kappa shape index (κ1) is 34.5. The van der Waals surface area contributed by atoms with Crippen LogP contribution in [0.1, 0.15) is 98.3 Å². The molecule has 4 aliphatic carbocycles. The molecule has 0 bridgehead atoms. The van der Waals surface area contributed by atoms with E-state index in [0.29, 0.717) is 29.6 Å². The highest BCUT2D eigenvalue weighted by Crippen LogP contribution is 2.68. The minimum Gasteiger partial charge on any atom is -0.264 e. The molecule has 4 aliphatic rings. The van der Waals surface area contributed by atoms with Gasteiger partial charge in [-0.2, -0.15) is 25.3 Å². The molecule has 3 N–H and O–H groups in total. The van der Waals surface area contributed by atoms with Gasteiger partial charge >= 0.3 is 31.2 Å². The Morgan fingerprint density at radius 3 is 2.00 bits per heavy atom. The second-order valence-corrected chi connectivity index (χ2v) is 17.4. The second kappa shape index (κ2) is 12.4. The molecule has 246 valence electrons. The van der Waals surface area contributed by atoms with Crippen molar-refractivity contribution in [3.8, 4) is 0 Å². The summed E-state index contributed by atoms with van der Waals surface area (Å²) in [5.41, 5.74) is -0.151. The highest BCUT2D eigenvalue weighted by molar-refractivity contribution is 7.81. The first-order valence-electron chi connectivity index (χ1n) is 15.1. The molecule has 0 aromatic carbocycles. The van der Waals surface area contributed by atoms with Crippen LogP contribution in [0.25, 0.3) is 0 Å². The molecular formula is C27H48O12S3. The molecule has 0 spiro atoms. The summed E-state index contributed by atoms with van der Waals surface area (Å²) < 4.78 is 110. The van der Waals surface area contributed by atoms with Gasteiger partial charge in [0.1, 0.15) is 12.2 Å². The topological polar surface area (TPSA) is 191 Å². The van der Waals surface area contributed by atoms with Crippen molar-refractivity contribution in [2.24, 2.45) is 52.3 Å². The Kier molecular flexibility index (Phi) is 10.2. The fourth-order valence-electron chi connectivity index (χ4n) is 10.00. The van der Waals surface area contributed by atoms with Gasteiger partial charge in [0.05, 0.1) is 6.61 Å². The number of hydrogen-bond donors (Lipinski definition) is 3. The van der Waals surface area contributed by atoms with E-state index in [4.69, 9.17) is 12.9 Å². The van der Waals surface area contributed by atoms with Gasteiger partial charge in [0.15, 0.2) is 0 Å². The molecule has 4 rings (SSSR count). The number of rotatable bonds is 12. The number of fused-ring (bicyclic) bond motifs is 5. The van der Waals surface area contributed by atoms with Crippen LogP contribution < -0.4 is 0 Å². The van der Waals surface area contributed by atoms with Crippen LogP contribution >= 0.6 is 0 Å². The van der Waals surface area contributed by atoms with E-state index in [-0.39, 0.29) is 42.1 Å². The van der Waals surface area contributed by atoms with E-state index in [0.717, 1.165) is 57.8 Å². The molecule has 3 unspecified atom stereocenters. The van der Waals surface area contributed by atoms with Crippen molar-refractivity contribution in [3.63, 3.8) is 0 Å². The lowest BCUT2D eigenvalue weighted by atomic mass is 9.44. The maximum atomic E-state index is 11.7. The zero-order valence-corrected chi connectivity index (χ0v) is 27.4. The van der Waals surface area contributed by atoms with Crippen molar-refractivity contribution < 1.29 is 51.5 Å². The van der Waals surface area contributed by atoms with Crippen molar-refractivity contribution >= 4 is 31.2 Å². The summed E-state index contributed by atoms with van der Waals surface area (Å²) >= 11 is 0. The predicted octanol–water partition coefficient (Wildman–Crippen LogP) is 4.89. The van der Waals surface area contributed by atoms with Gasteiger partial charge in [-0.05, 0) is 110 Å². The molecule has 4 fully saturated rings. The van der Waals surface area contributed by atoms with Crippen molar-refractivity contribution in [3.05, 3.63) is 0 Å². The SMILES string of the molecule is CC(CCC[C@@H](C)[C@H]1CC[C@H]2C3CCC4C[C@H](OS(=O)(=O)O)[C@@H](OS(=O)(=O)O)C[C@]4(C)[C@H]3CC[C@]12C)COS(=O)(=O)O. The van der Waals surface area contributed by atoms with Crippen LogP contribution in [0.15, 0.2) is 0 Å². The fourth-order valence-corrected chi connectivity index (χ4v) is 11.4. The third-order valence-corrected chi connectivity index (χ3v) is 13.2. The summed E-state index contributed by atoms with van der Waals surface area (Å²) in [7, 11) is -14.1. The van der Waals surface area contributed by atoms with Crippen molar-refractivity contribution in [2.45, 2.75) is 111 Å². The van der Waals surface area contributed by atoms with Crippen LogP contribution in [0, 0.1) is 52.3 Å². The molecule has 0 aromatic heterocycles. The molecule has 42 heavy (non-hydrogen) atoms. The van der Waals surface area contributed by atoms with Crippen LogP contribution in [0.2, 0.25) is 0 Å². The Labute approximate surface area is 251 Å². The van der Waals surface area contributed by atoms with E-state index >= 15 is 0 Å². The Morgan fingerprint density at radius 2 is 1.38 bits per heavy atom. The molecule has 0 saturated heterocycles. The molecule has 0 amide bonds. The molecule has 12 nitrogen and oxygen atoms in total. The lowest BCUT2D eigenvalue weighted by Crippen LogP contribution is -2.57. The van der Waals surface area contributed by atoms with Crippen LogP contribution in [0.3, 0.4) is 0 Å². The lowest BCUT2D eigenvalue weighted by molar-refractivity contribution is -0.152. The van der Waals surface area contributed by atoms with Crippen LogP contribution in [-0.4, -0.2) is 57.7 Å². The molecule has 11 atom stereocenters. The van der Waals surface area contributed by atoms with Crippen LogP contribution in [0.4, 0.5) is 0 Å². The summed E-state index contributed by atoms with van der Waals surface area (Å²) in [6.07, 6.45) is 6.92. The molecule has 0 aromatic rings. The Hall–Kier alpha value is -0.390. The first-order chi connectivity index (χ1) is 19.2. The minimum absolute atomic E-state index is 0.0176. The van der Waals surface area contributed by atoms with Gasteiger partial charge in [-0.15, -0.1) is 0 Å². The highest BCUT2D eigenvalue weighted by Gasteiger charge is 2.62. The maximum Gasteiger partial charge on any atom is 0.397 e. The van der Waals surface area contributed by atoms with E-state index in [1.54, 1.807) is 0 Å². The zero-order valence-electron chi connectivity index (χ0n) is 24.9. The van der Waals surface area contributed by atoms with Gasteiger partial charge in [0.2, 0.25) is 0 Å². The molecule has 0 aliphatic heterocycles. The summed E-state index contributed by atoms with van der Waals surface area (Å²) in [5.74, 6) is 2.42. The van der Waals surface area contributed by atoms with Gasteiger partial charge in [-0.25, -0.2) is 12.5 Å². The van der Waals surface area contributed by atoms with E-state index in [2.05, 4.69) is 25.0 Å². The van der Waals surface area contributed by atoms with Gasteiger partial charge < -0.3 is 0 Å². The summed E-state index contributed by atoms with van der Waals surface area (Å²) in [6, 6.07) is 0. The molecule has 0 radical (unpaired) electrons. The molecular weight excluding hydrogens is 612 g/mol. The summed E-state index contributed by atoms with van der Waals surface area (Å²) in [4.78, 5) is 0. The van der Waals surface area contributed by atoms with Gasteiger partial charge in [-0.1, -0.05) is 40.5 Å². The molecule has 4 saturated carbocycles. The molecule has 15 heteroatoms. The molecule has 0 heterocycles. The largest absolute Gasteiger partial charge is 0.397 e. The maximum absolute atomic E-state index is 11.7. The van der Waals surface area contributed by atoms with Gasteiger partial charge in [-0.3, -0.25) is 13.7 Å². The van der Waals surface area contributed by atoms with Gasteiger partial charge in [0, 0.05) is 0 Å². The van der Waals surface area contributed by atoms with Crippen molar-refractivity contribution in [1.82, 2.24) is 0 Å². The lowest BCUT2D eigenvalue weighted by Gasteiger charge is -2.62. The quantitative estimate of drug-likeness (QED) is 0.241. The van der Waals surface area contributed by atoms with Gasteiger partial charge in [0.25, 0.3) is 0 Å².